The lowest BCUT2D eigenvalue weighted by Gasteiger charge is -2.06. The number of carbonyl (C=O) groups is 1. The first-order chi connectivity index (χ1) is 8.20. The van der Waals surface area contributed by atoms with Crippen molar-refractivity contribution in [1.82, 2.24) is 9.55 Å². The Balaban J connectivity index is 2.20. The third-order valence-electron chi connectivity index (χ3n) is 2.34. The molecular formula is C12H12BrN3O. The number of hydrogen-bond donors (Lipinski definition) is 1. The molecule has 17 heavy (non-hydrogen) atoms. The summed E-state index contributed by atoms with van der Waals surface area (Å²) in [5, 5.41) is 2.75. The highest BCUT2D eigenvalue weighted by Crippen LogP contribution is 2.16. The summed E-state index contributed by atoms with van der Waals surface area (Å²) in [6.07, 6.45) is 3.53. The molecule has 0 radical (unpaired) electrons. The maximum atomic E-state index is 12.0. The minimum atomic E-state index is -0.156. The Hall–Kier alpha value is -1.62. The first kappa shape index (κ1) is 11.9. The number of carbonyl (C=O) groups excluding carboxylic acids is 1. The number of amides is 1. The zero-order chi connectivity index (χ0) is 12.3. The number of pyridine rings is 1. The second-order valence-electron chi connectivity index (χ2n) is 3.50. The Bertz CT molecular complexity index is 522. The van der Waals surface area contributed by atoms with Crippen LogP contribution in [0.2, 0.25) is 0 Å². The molecular weight excluding hydrogens is 282 g/mol. The molecule has 1 amide bonds. The summed E-state index contributed by atoms with van der Waals surface area (Å²) < 4.78 is 2.77. The van der Waals surface area contributed by atoms with Gasteiger partial charge in [0.25, 0.3) is 5.91 Å². The molecule has 0 aliphatic carbocycles. The highest BCUT2D eigenvalue weighted by molar-refractivity contribution is 9.10. The highest BCUT2D eigenvalue weighted by atomic mass is 79.9. The molecule has 0 fully saturated rings. The maximum absolute atomic E-state index is 12.0. The molecule has 2 aromatic rings. The lowest BCUT2D eigenvalue weighted by atomic mass is 10.4. The summed E-state index contributed by atoms with van der Waals surface area (Å²) in [7, 11) is 0. The van der Waals surface area contributed by atoms with Gasteiger partial charge in [-0.2, -0.15) is 0 Å². The van der Waals surface area contributed by atoms with Crippen molar-refractivity contribution in [2.75, 3.05) is 5.32 Å². The smallest absolute Gasteiger partial charge is 0.273 e. The number of aryl methyl sites for hydroxylation is 1. The quantitative estimate of drug-likeness (QED) is 0.946. The van der Waals surface area contributed by atoms with Gasteiger partial charge in [-0.3, -0.25) is 4.79 Å². The van der Waals surface area contributed by atoms with Gasteiger partial charge in [0.15, 0.2) is 0 Å². The molecule has 0 atom stereocenters. The Kier molecular flexibility index (Phi) is 3.58. The number of nitrogens with zero attached hydrogens (tertiary/aromatic N) is 2. The zero-order valence-electron chi connectivity index (χ0n) is 9.35. The van der Waals surface area contributed by atoms with Gasteiger partial charge in [-0.05, 0) is 41.1 Å². The van der Waals surface area contributed by atoms with Gasteiger partial charge in [0, 0.05) is 23.4 Å². The van der Waals surface area contributed by atoms with Crippen molar-refractivity contribution in [3.63, 3.8) is 0 Å². The molecule has 2 heterocycles. The summed E-state index contributed by atoms with van der Waals surface area (Å²) in [6.45, 7) is 2.74. The minimum Gasteiger partial charge on any atom is -0.343 e. The van der Waals surface area contributed by atoms with Crippen LogP contribution in [0.5, 0.6) is 0 Å². The SMILES string of the molecule is CCn1cc(Br)cc1C(=O)Nc1ccccn1. The summed E-state index contributed by atoms with van der Waals surface area (Å²) in [5.41, 5.74) is 0.616. The Morgan fingerprint density at radius 2 is 2.35 bits per heavy atom. The predicted octanol–water partition coefficient (Wildman–Crippen LogP) is 2.92. The van der Waals surface area contributed by atoms with Crippen LogP contribution in [0.1, 0.15) is 17.4 Å². The van der Waals surface area contributed by atoms with E-state index >= 15 is 0 Å². The van der Waals surface area contributed by atoms with Gasteiger partial charge >= 0.3 is 0 Å². The fraction of sp³-hybridized carbons (Fsp3) is 0.167. The van der Waals surface area contributed by atoms with Gasteiger partial charge in [0.1, 0.15) is 11.5 Å². The zero-order valence-corrected chi connectivity index (χ0v) is 10.9. The average Bonchev–Trinajstić information content (AvgIpc) is 2.72. The first-order valence-electron chi connectivity index (χ1n) is 5.28. The van der Waals surface area contributed by atoms with Gasteiger partial charge in [-0.25, -0.2) is 4.98 Å². The van der Waals surface area contributed by atoms with Crippen LogP contribution in [0.3, 0.4) is 0 Å². The first-order valence-corrected chi connectivity index (χ1v) is 6.08. The van der Waals surface area contributed by atoms with E-state index in [1.165, 1.54) is 0 Å². The van der Waals surface area contributed by atoms with Gasteiger partial charge in [-0.15, -0.1) is 0 Å². The van der Waals surface area contributed by atoms with E-state index in [0.29, 0.717) is 11.5 Å². The summed E-state index contributed by atoms with van der Waals surface area (Å²) in [5.74, 6) is 0.397. The molecule has 0 bridgehead atoms. The molecule has 2 rings (SSSR count). The molecule has 0 spiro atoms. The molecule has 1 N–H and O–H groups in total. The Morgan fingerprint density at radius 1 is 1.53 bits per heavy atom. The number of nitrogens with one attached hydrogen (secondary N) is 1. The van der Waals surface area contributed by atoms with Gasteiger partial charge in [-0.1, -0.05) is 6.07 Å². The molecule has 4 nitrogen and oxygen atoms in total. The molecule has 0 aliphatic heterocycles. The van der Waals surface area contributed by atoms with E-state index in [1.807, 2.05) is 23.8 Å². The van der Waals surface area contributed by atoms with Crippen LogP contribution < -0.4 is 5.32 Å². The number of hydrogen-bond acceptors (Lipinski definition) is 2. The van der Waals surface area contributed by atoms with Crippen LogP contribution in [-0.4, -0.2) is 15.5 Å². The normalized spacial score (nSPS) is 10.2. The van der Waals surface area contributed by atoms with E-state index < -0.39 is 0 Å². The predicted molar refractivity (Wildman–Crippen MR) is 70.0 cm³/mol. The molecule has 0 aliphatic rings. The second-order valence-corrected chi connectivity index (χ2v) is 4.41. The monoisotopic (exact) mass is 293 g/mol. The summed E-state index contributed by atoms with van der Waals surface area (Å²) in [6, 6.07) is 7.19. The lowest BCUT2D eigenvalue weighted by molar-refractivity contribution is 0.101. The summed E-state index contributed by atoms with van der Waals surface area (Å²) >= 11 is 3.36. The fourth-order valence-electron chi connectivity index (χ4n) is 1.54. The minimum absolute atomic E-state index is 0.156. The number of halogens is 1. The third kappa shape index (κ3) is 2.74. The molecule has 2 aromatic heterocycles. The summed E-state index contributed by atoms with van der Waals surface area (Å²) in [4.78, 5) is 16.1. The number of aromatic nitrogens is 2. The van der Waals surface area contributed by atoms with Crippen molar-refractivity contribution < 1.29 is 4.79 Å². The average molecular weight is 294 g/mol. The lowest BCUT2D eigenvalue weighted by Crippen LogP contribution is -2.16. The Morgan fingerprint density at radius 3 is 3.00 bits per heavy atom. The molecule has 0 saturated carbocycles. The molecule has 0 aromatic carbocycles. The van der Waals surface area contributed by atoms with Crippen molar-refractivity contribution in [2.45, 2.75) is 13.5 Å². The van der Waals surface area contributed by atoms with E-state index in [9.17, 15) is 4.79 Å². The van der Waals surface area contributed by atoms with E-state index in [4.69, 9.17) is 0 Å². The van der Waals surface area contributed by atoms with Gasteiger partial charge in [0.05, 0.1) is 0 Å². The number of anilines is 1. The van der Waals surface area contributed by atoms with Gasteiger partial charge < -0.3 is 9.88 Å². The van der Waals surface area contributed by atoms with Crippen molar-refractivity contribution in [2.24, 2.45) is 0 Å². The molecule has 5 heteroatoms. The van der Waals surface area contributed by atoms with Crippen molar-refractivity contribution in [3.05, 3.63) is 46.8 Å². The molecule has 0 saturated heterocycles. The largest absolute Gasteiger partial charge is 0.343 e. The van der Waals surface area contributed by atoms with Crippen LogP contribution in [-0.2, 0) is 6.54 Å². The van der Waals surface area contributed by atoms with E-state index in [1.54, 1.807) is 24.4 Å². The Labute approximate surface area is 108 Å². The van der Waals surface area contributed by atoms with Crippen LogP contribution in [0, 0.1) is 0 Å². The third-order valence-corrected chi connectivity index (χ3v) is 2.78. The van der Waals surface area contributed by atoms with Gasteiger partial charge in [0.2, 0.25) is 0 Å². The van der Waals surface area contributed by atoms with Crippen molar-refractivity contribution in [1.29, 1.82) is 0 Å². The van der Waals surface area contributed by atoms with Crippen LogP contribution in [0.15, 0.2) is 41.1 Å². The second kappa shape index (κ2) is 5.14. The maximum Gasteiger partial charge on any atom is 0.273 e. The molecule has 0 unspecified atom stereocenters. The molecule has 88 valence electrons. The standard InChI is InChI=1S/C12H12BrN3O/c1-2-16-8-9(13)7-10(16)12(17)15-11-5-3-4-6-14-11/h3-8H,2H2,1H3,(H,14,15,17). The van der Waals surface area contributed by atoms with E-state index in [2.05, 4.69) is 26.2 Å². The van der Waals surface area contributed by atoms with Crippen molar-refractivity contribution in [3.8, 4) is 0 Å². The van der Waals surface area contributed by atoms with Crippen LogP contribution >= 0.6 is 15.9 Å². The van der Waals surface area contributed by atoms with Crippen LogP contribution in [0.25, 0.3) is 0 Å². The van der Waals surface area contributed by atoms with Crippen LogP contribution in [0.4, 0.5) is 5.82 Å². The van der Waals surface area contributed by atoms with Crippen molar-refractivity contribution >= 4 is 27.7 Å². The number of rotatable bonds is 3. The highest BCUT2D eigenvalue weighted by Gasteiger charge is 2.12. The van der Waals surface area contributed by atoms with E-state index in [-0.39, 0.29) is 5.91 Å². The topological polar surface area (TPSA) is 46.9 Å². The fourth-order valence-corrected chi connectivity index (χ4v) is 2.01. The van der Waals surface area contributed by atoms with E-state index in [0.717, 1.165) is 11.0 Å².